The van der Waals surface area contributed by atoms with Gasteiger partial charge in [-0.25, -0.2) is 4.79 Å². The Morgan fingerprint density at radius 2 is 1.28 bits per heavy atom. The smallest absolute Gasteiger partial charge is 0.426 e. The number of ether oxygens (including phenoxy) is 3. The van der Waals surface area contributed by atoms with Crippen LogP contribution in [0.4, 0.5) is 4.79 Å². The monoisotopic (exact) mass is 1600 g/mol. The van der Waals surface area contributed by atoms with Crippen molar-refractivity contribution in [2.45, 2.75) is 88.7 Å². The third kappa shape index (κ3) is 14.2. The molecule has 2 bridgehead atoms. The Hall–Kier alpha value is 13.2. The first-order valence-corrected chi connectivity index (χ1v) is 69.4. The molecule has 2 aliphatic heterocycles. The minimum atomic E-state index is -1.25. The van der Waals surface area contributed by atoms with Crippen LogP contribution in [0.2, 0.25) is 0 Å². The van der Waals surface area contributed by atoms with Gasteiger partial charge in [-0.05, 0) is 73.4 Å². The van der Waals surface area contributed by atoms with E-state index in [0.717, 1.165) is 5.57 Å². The van der Waals surface area contributed by atoms with E-state index in [-0.39, 0.29) is 69.0 Å². The molecule has 0 aromatic heterocycles. The van der Waals surface area contributed by atoms with Gasteiger partial charge in [0.1, 0.15) is 5.60 Å². The van der Waals surface area contributed by atoms with Crippen LogP contribution in [0.5, 0.6) is 0 Å². The van der Waals surface area contributed by atoms with E-state index in [4.69, 9.17) is 27.8 Å². The van der Waals surface area contributed by atoms with Gasteiger partial charge in [-0.3, -0.25) is 0 Å². The van der Waals surface area contributed by atoms with E-state index in [9.17, 15) is 9.90 Å². The van der Waals surface area contributed by atoms with Gasteiger partial charge in [0.15, 0.2) is 11.7 Å². The normalized spacial score (nSPS) is 36.1. The summed E-state index contributed by atoms with van der Waals surface area (Å²) >= 11 is 0. The van der Waals surface area contributed by atoms with Crippen LogP contribution in [0.3, 0.4) is 0 Å². The Balaban J connectivity index is 0.00000794. The fourth-order valence-electron chi connectivity index (χ4n) is 9.08. The molecular formula is C21H60AcO8P30. The molecule has 60 heavy (non-hydrogen) atoms. The summed E-state index contributed by atoms with van der Waals surface area (Å²) < 4.78 is 42.8. The van der Waals surface area contributed by atoms with Crippen LogP contribution in [0.15, 0.2) is 11.1 Å². The molecule has 1 N–H and O–H groups in total. The predicted octanol–water partition coefficient (Wildman–Crippen LogP) is 19.1. The maximum atomic E-state index is 14.1. The Morgan fingerprint density at radius 1 is 0.733 bits per heavy atom. The van der Waals surface area contributed by atoms with Crippen LogP contribution in [0.25, 0.3) is 0 Å². The van der Waals surface area contributed by atoms with E-state index in [2.05, 4.69) is 171 Å². The van der Waals surface area contributed by atoms with Gasteiger partial charge in [0.05, 0.1) is 53.6 Å². The van der Waals surface area contributed by atoms with E-state index in [1.54, 1.807) is 0 Å². The molecule has 4 fully saturated rings. The summed E-state index contributed by atoms with van der Waals surface area (Å²) in [6, 6.07) is 0. The molecular weight excluding hydrogens is 1540 g/mol. The summed E-state index contributed by atoms with van der Waals surface area (Å²) in [6.07, 6.45) is -1.26. The van der Waals surface area contributed by atoms with Crippen LogP contribution >= 0.6 is 243 Å². The van der Waals surface area contributed by atoms with E-state index in [0.29, 0.717) is 27.2 Å². The van der Waals surface area contributed by atoms with E-state index in [1.165, 1.54) is 5.57 Å². The minimum Gasteiger partial charge on any atom is -0.426 e. The average Bonchev–Trinajstić information content (AvgIpc) is 3.43. The number of carbonyl (C=O) groups is 1. The largest absolute Gasteiger partial charge is 0.509 e. The maximum absolute atomic E-state index is 14.1. The fraction of sp³-hybridized carbons (Fsp3) is 0.857. The maximum Gasteiger partial charge on any atom is 0.509 e. The Morgan fingerprint density at radius 3 is 1.73 bits per heavy atom. The molecule has 2 heterocycles. The van der Waals surface area contributed by atoms with Gasteiger partial charge in [0, 0.05) is 94.6 Å². The van der Waals surface area contributed by atoms with Gasteiger partial charge in [-0.1, -0.05) is 37.7 Å². The van der Waals surface area contributed by atoms with Gasteiger partial charge in [-0.15, -0.1) is 134 Å². The average molecular weight is 1600 g/mol. The van der Waals surface area contributed by atoms with E-state index in [1.807, 2.05) is 0 Å². The third-order valence-corrected chi connectivity index (χ3v) is 152. The summed E-state index contributed by atoms with van der Waals surface area (Å²) in [5, 5.41) is 13.1. The van der Waals surface area contributed by atoms with E-state index >= 15 is 0 Å². The second-order valence-corrected chi connectivity index (χ2v) is 122. The van der Waals surface area contributed by atoms with Crippen molar-refractivity contribution in [3.05, 3.63) is 11.1 Å². The summed E-state index contributed by atoms with van der Waals surface area (Å²) in [5.74, 6) is -0.545. The quantitative estimate of drug-likeness (QED) is 0.0875. The molecule has 345 valence electrons. The first kappa shape index (κ1) is 65.7. The van der Waals surface area contributed by atoms with Crippen molar-refractivity contribution in [2.75, 3.05) is 6.61 Å². The van der Waals surface area contributed by atoms with Crippen LogP contribution in [-0.4, -0.2) is 59.6 Å². The summed E-state index contributed by atoms with van der Waals surface area (Å²) in [6.45, 7) is 4.30. The van der Waals surface area contributed by atoms with Gasteiger partial charge < -0.3 is 32.9 Å². The summed E-state index contributed by atoms with van der Waals surface area (Å²) in [4.78, 5) is 14.1. The molecule has 3 aliphatic carbocycles. The van der Waals surface area contributed by atoms with Crippen molar-refractivity contribution >= 4 is 249 Å². The molecule has 30 atom stereocenters. The number of rotatable bonds is 17. The molecule has 0 amide bonds. The van der Waals surface area contributed by atoms with Crippen LogP contribution < -0.4 is 0 Å². The van der Waals surface area contributed by atoms with Crippen molar-refractivity contribution in [1.82, 2.24) is 0 Å². The predicted molar refractivity (Wildman–Crippen MR) is 349 cm³/mol. The number of hydrogen-bond donors (Lipinski definition) is 1. The molecule has 1 radical (unpaired) electrons. The zero-order valence-electron chi connectivity index (χ0n) is 33.2. The molecule has 29 unspecified atom stereocenters. The van der Waals surface area contributed by atoms with Crippen molar-refractivity contribution in [2.24, 2.45) is 16.7 Å². The Labute approximate surface area is 448 Å². The van der Waals surface area contributed by atoms with E-state index < -0.39 is 139 Å². The molecule has 8 nitrogen and oxygen atoms in total. The molecule has 0 aromatic carbocycles. The van der Waals surface area contributed by atoms with Crippen LogP contribution in [0, 0.1) is 60.8 Å². The first-order valence-electron chi connectivity index (χ1n) is 17.2. The van der Waals surface area contributed by atoms with Crippen molar-refractivity contribution in [1.29, 1.82) is 0 Å². The molecule has 2 saturated heterocycles. The topological polar surface area (TPSA) is 92.7 Å². The molecule has 5 rings (SSSR count). The molecule has 2 saturated carbocycles. The standard InChI is InChI=1S/C21H60O8P30.Ac/c1-9-10(27-49(57(45)53(37)38)59(55(41)42)56(43)44)7-21-16(25-17(22)26-21)15-19(4,12(5-13-20(15,23)8-24-13)29-47(50(31)32)51(33)34)6-11(14(9)18(21,2)3)28-48(52(35)36)58(46-30)54(39)40;/h10-13,15-16,23,46H,5-8,30-45H2,1-4H3;/t10?,11?,12?,13?,15?,16?,19-,20?,21?,48?,49?,57?,58?;/m1./s1. The second kappa shape index (κ2) is 28.0. The number of fused-ring (bicyclic) bond motifs is 5. The third-order valence-electron chi connectivity index (χ3n) is 11.5. The van der Waals surface area contributed by atoms with Gasteiger partial charge in [-0.2, -0.15) is 0 Å². The Bertz CT molecular complexity index is 1520. The molecule has 0 aromatic rings. The molecule has 39 heteroatoms. The second-order valence-electron chi connectivity index (χ2n) is 15.1. The zero-order valence-corrected chi connectivity index (χ0v) is 69.1. The first-order chi connectivity index (χ1) is 27.2. The minimum absolute atomic E-state index is 0. The summed E-state index contributed by atoms with van der Waals surface area (Å²) in [7, 11) is 47.7. The van der Waals surface area contributed by atoms with Crippen molar-refractivity contribution in [3.63, 3.8) is 0 Å². The molecule has 5 aliphatic rings. The summed E-state index contributed by atoms with van der Waals surface area (Å²) in [5.41, 5.74) is -1.45. The Kier molecular flexibility index (Phi) is 30.7. The van der Waals surface area contributed by atoms with Gasteiger partial charge >= 0.3 is 6.16 Å². The van der Waals surface area contributed by atoms with Crippen LogP contribution in [0.1, 0.15) is 47.0 Å². The zero-order chi connectivity index (χ0) is 44.5. The van der Waals surface area contributed by atoms with Gasteiger partial charge in [0.2, 0.25) is 0 Å². The number of carbonyl (C=O) groups excluding carboxylic acids is 1. The fourth-order valence-corrected chi connectivity index (χ4v) is 204. The number of aliphatic hydroxyl groups is 1. The number of hydrogen-bond acceptors (Lipinski definition) is 8. The van der Waals surface area contributed by atoms with Crippen LogP contribution in [-0.2, 0) is 27.8 Å². The molecule has 1 spiro atoms. The SMILES string of the molecule is CC1=C2C(OP(P(P)P)P(PP)P(P)P)C[C@]3(C)C(OP(P(P)P)P(P)P)CC4OCC4(O)C3C3OC(=O)OC3(CC1OP(P(P)P(P)P)P(P(P)P)P(P)P)C2(C)C.[Ac]. The van der Waals surface area contributed by atoms with Crippen molar-refractivity contribution in [3.8, 4) is 0 Å². The van der Waals surface area contributed by atoms with Crippen molar-refractivity contribution < 1.29 is 81.7 Å². The van der Waals surface area contributed by atoms with Gasteiger partial charge in [0.25, 0.3) is 0 Å².